The molecule has 0 amide bonds. The Hall–Kier alpha value is -1.69. The minimum absolute atomic E-state index is 0.561. The number of rotatable bonds is 7. The molecule has 0 aliphatic rings. The van der Waals surface area contributed by atoms with Gasteiger partial charge >= 0.3 is 0 Å². The van der Waals surface area contributed by atoms with E-state index in [1.54, 1.807) is 21.3 Å². The van der Waals surface area contributed by atoms with Crippen molar-refractivity contribution in [1.82, 2.24) is 5.32 Å². The molecule has 0 heterocycles. The quantitative estimate of drug-likeness (QED) is 0.596. The molecule has 1 aromatic rings. The fourth-order valence-electron chi connectivity index (χ4n) is 1.71. The normalized spacial score (nSPS) is 9.80. The van der Waals surface area contributed by atoms with Crippen LogP contribution >= 0.6 is 12.2 Å². The molecule has 0 aromatic heterocycles. The van der Waals surface area contributed by atoms with Crippen molar-refractivity contribution < 1.29 is 14.2 Å². The average Bonchev–Trinajstić information content (AvgIpc) is 2.46. The van der Waals surface area contributed by atoms with Gasteiger partial charge in [-0.25, -0.2) is 0 Å². The number of benzene rings is 1. The van der Waals surface area contributed by atoms with Gasteiger partial charge in [0.15, 0.2) is 16.6 Å². The zero-order valence-corrected chi connectivity index (χ0v) is 13.2. The van der Waals surface area contributed by atoms with Gasteiger partial charge in [0, 0.05) is 24.4 Å². The lowest BCUT2D eigenvalue weighted by atomic mass is 10.2. The monoisotopic (exact) mass is 298 g/mol. The number of hydrogen-bond donors (Lipinski definition) is 2. The molecule has 0 fully saturated rings. The largest absolute Gasteiger partial charge is 0.493 e. The number of thiocarbonyl (C=S) groups is 1. The molecule has 0 spiro atoms. The molecule has 5 nitrogen and oxygen atoms in total. The van der Waals surface area contributed by atoms with E-state index in [1.807, 2.05) is 12.1 Å². The lowest BCUT2D eigenvalue weighted by Crippen LogP contribution is -2.29. The highest BCUT2D eigenvalue weighted by molar-refractivity contribution is 7.80. The van der Waals surface area contributed by atoms with Crippen LogP contribution in [0.5, 0.6) is 17.2 Å². The van der Waals surface area contributed by atoms with Crippen LogP contribution in [0.15, 0.2) is 12.1 Å². The van der Waals surface area contributed by atoms with Crippen molar-refractivity contribution in [1.29, 1.82) is 0 Å². The molecule has 20 heavy (non-hydrogen) atoms. The molecular weight excluding hydrogens is 276 g/mol. The standard InChI is InChI=1S/C14H22N2O3S/c1-5-6-7-15-14(20)16-10-8-11(17-2)13(19-4)12(9-10)18-3/h8-9H,5-7H2,1-4H3,(H2,15,16,20). The highest BCUT2D eigenvalue weighted by Gasteiger charge is 2.13. The summed E-state index contributed by atoms with van der Waals surface area (Å²) in [5.41, 5.74) is 0.786. The number of methoxy groups -OCH3 is 3. The van der Waals surface area contributed by atoms with Gasteiger partial charge < -0.3 is 24.8 Å². The van der Waals surface area contributed by atoms with Crippen molar-refractivity contribution in [2.75, 3.05) is 33.2 Å². The van der Waals surface area contributed by atoms with Gasteiger partial charge in [0.25, 0.3) is 0 Å². The zero-order chi connectivity index (χ0) is 15.0. The number of ether oxygens (including phenoxy) is 3. The zero-order valence-electron chi connectivity index (χ0n) is 12.4. The first-order valence-corrected chi connectivity index (χ1v) is 6.91. The number of unbranched alkanes of at least 4 members (excludes halogenated alkanes) is 1. The average molecular weight is 298 g/mol. The third kappa shape index (κ3) is 4.45. The molecule has 0 atom stereocenters. The minimum atomic E-state index is 0.561. The second kappa shape index (κ2) is 8.47. The molecule has 112 valence electrons. The summed E-state index contributed by atoms with van der Waals surface area (Å²) in [5.74, 6) is 1.74. The molecule has 0 aliphatic carbocycles. The minimum Gasteiger partial charge on any atom is -0.493 e. The van der Waals surface area contributed by atoms with Gasteiger partial charge in [0.2, 0.25) is 5.75 Å². The van der Waals surface area contributed by atoms with Gasteiger partial charge in [0.05, 0.1) is 21.3 Å². The summed E-state index contributed by atoms with van der Waals surface area (Å²) in [6.07, 6.45) is 2.21. The Balaban J connectivity index is 2.82. The Kier molecular flexibility index (Phi) is 6.93. The summed E-state index contributed by atoms with van der Waals surface area (Å²) in [5, 5.41) is 6.83. The van der Waals surface area contributed by atoms with E-state index in [0.29, 0.717) is 22.4 Å². The van der Waals surface area contributed by atoms with E-state index in [4.69, 9.17) is 26.4 Å². The third-order valence-corrected chi connectivity index (χ3v) is 2.98. The molecule has 1 rings (SSSR count). The smallest absolute Gasteiger partial charge is 0.203 e. The fraction of sp³-hybridized carbons (Fsp3) is 0.500. The van der Waals surface area contributed by atoms with Crippen LogP contribution in [0.1, 0.15) is 19.8 Å². The Morgan fingerprint density at radius 1 is 1.10 bits per heavy atom. The SMILES string of the molecule is CCCCNC(=S)Nc1cc(OC)c(OC)c(OC)c1. The van der Waals surface area contributed by atoms with Gasteiger partial charge in [-0.05, 0) is 18.6 Å². The first kappa shape index (κ1) is 16.4. The van der Waals surface area contributed by atoms with Crippen LogP contribution in [-0.2, 0) is 0 Å². The van der Waals surface area contributed by atoms with Crippen molar-refractivity contribution in [3.8, 4) is 17.2 Å². The molecule has 1 aromatic carbocycles. The first-order chi connectivity index (χ1) is 9.65. The van der Waals surface area contributed by atoms with E-state index in [-0.39, 0.29) is 0 Å². The van der Waals surface area contributed by atoms with Crippen molar-refractivity contribution in [2.24, 2.45) is 0 Å². The Bertz CT molecular complexity index is 427. The summed E-state index contributed by atoms with van der Waals surface area (Å²) in [6.45, 7) is 2.99. The molecule has 6 heteroatoms. The highest BCUT2D eigenvalue weighted by Crippen LogP contribution is 2.39. The second-order valence-electron chi connectivity index (χ2n) is 4.15. The van der Waals surface area contributed by atoms with Gasteiger partial charge in [0.1, 0.15) is 0 Å². The van der Waals surface area contributed by atoms with E-state index in [1.165, 1.54) is 0 Å². The maximum absolute atomic E-state index is 5.29. The van der Waals surface area contributed by atoms with Gasteiger partial charge in [-0.3, -0.25) is 0 Å². The second-order valence-corrected chi connectivity index (χ2v) is 4.56. The summed E-state index contributed by atoms with van der Waals surface area (Å²) in [7, 11) is 4.74. The number of hydrogen-bond acceptors (Lipinski definition) is 4. The van der Waals surface area contributed by atoms with Gasteiger partial charge in [-0.1, -0.05) is 13.3 Å². The van der Waals surface area contributed by atoms with Crippen LogP contribution in [-0.4, -0.2) is 33.0 Å². The van der Waals surface area contributed by atoms with Crippen LogP contribution in [0.25, 0.3) is 0 Å². The Morgan fingerprint density at radius 3 is 2.15 bits per heavy atom. The van der Waals surface area contributed by atoms with Crippen LogP contribution in [0.3, 0.4) is 0 Å². The molecule has 0 saturated carbocycles. The van der Waals surface area contributed by atoms with E-state index in [9.17, 15) is 0 Å². The maximum Gasteiger partial charge on any atom is 0.203 e. The highest BCUT2D eigenvalue weighted by atomic mass is 32.1. The molecule has 0 bridgehead atoms. The van der Waals surface area contributed by atoms with E-state index in [0.717, 1.165) is 25.1 Å². The van der Waals surface area contributed by atoms with Gasteiger partial charge in [-0.2, -0.15) is 0 Å². The summed E-state index contributed by atoms with van der Waals surface area (Å²) >= 11 is 5.23. The van der Waals surface area contributed by atoms with E-state index >= 15 is 0 Å². The van der Waals surface area contributed by atoms with Crippen molar-refractivity contribution in [3.05, 3.63) is 12.1 Å². The van der Waals surface area contributed by atoms with Gasteiger partial charge in [-0.15, -0.1) is 0 Å². The molecular formula is C14H22N2O3S. The van der Waals surface area contributed by atoms with Crippen LogP contribution in [0, 0.1) is 0 Å². The van der Waals surface area contributed by atoms with Crippen molar-refractivity contribution in [3.63, 3.8) is 0 Å². The lowest BCUT2D eigenvalue weighted by molar-refractivity contribution is 0.324. The first-order valence-electron chi connectivity index (χ1n) is 6.51. The number of nitrogens with one attached hydrogen (secondary N) is 2. The topological polar surface area (TPSA) is 51.8 Å². The summed E-state index contributed by atoms with van der Waals surface area (Å²) < 4.78 is 15.9. The van der Waals surface area contributed by atoms with Crippen LogP contribution < -0.4 is 24.8 Å². The predicted molar refractivity (Wildman–Crippen MR) is 85.2 cm³/mol. The van der Waals surface area contributed by atoms with E-state index in [2.05, 4.69) is 17.6 Å². The van der Waals surface area contributed by atoms with E-state index < -0.39 is 0 Å². The molecule has 0 saturated heterocycles. The fourth-order valence-corrected chi connectivity index (χ4v) is 1.93. The molecule has 0 aliphatic heterocycles. The Labute approximate surface area is 125 Å². The van der Waals surface area contributed by atoms with Crippen molar-refractivity contribution >= 4 is 23.0 Å². The number of anilines is 1. The van der Waals surface area contributed by atoms with Crippen LogP contribution in [0.2, 0.25) is 0 Å². The third-order valence-electron chi connectivity index (χ3n) is 2.74. The predicted octanol–water partition coefficient (Wildman–Crippen LogP) is 2.80. The maximum atomic E-state index is 5.29. The Morgan fingerprint density at radius 2 is 1.70 bits per heavy atom. The van der Waals surface area contributed by atoms with Crippen LogP contribution in [0.4, 0.5) is 5.69 Å². The molecule has 0 radical (unpaired) electrons. The summed E-state index contributed by atoms with van der Waals surface area (Å²) in [4.78, 5) is 0. The molecule has 2 N–H and O–H groups in total. The van der Waals surface area contributed by atoms with Crippen molar-refractivity contribution in [2.45, 2.75) is 19.8 Å². The molecule has 0 unspecified atom stereocenters. The summed E-state index contributed by atoms with van der Waals surface area (Å²) in [6, 6.07) is 3.63. The lowest BCUT2D eigenvalue weighted by Gasteiger charge is -2.15.